The van der Waals surface area contributed by atoms with E-state index in [0.717, 1.165) is 68.7 Å². The number of methoxy groups -OCH3 is 1. The first kappa shape index (κ1) is 39.4. The van der Waals surface area contributed by atoms with E-state index in [-0.39, 0.29) is 23.3 Å². The van der Waals surface area contributed by atoms with Crippen LogP contribution < -0.4 is 19.7 Å². The topological polar surface area (TPSA) is 146 Å². The lowest BCUT2D eigenvalue weighted by Crippen LogP contribution is -2.53. The zero-order valence-electron chi connectivity index (χ0n) is 32.4. The molecule has 4 aliphatic heterocycles. The second kappa shape index (κ2) is 16.7. The molecule has 2 atom stereocenters. The van der Waals surface area contributed by atoms with E-state index in [4.69, 9.17) is 9.47 Å². The molecule has 3 aromatic carbocycles. The van der Waals surface area contributed by atoms with Crippen LogP contribution in [0.25, 0.3) is 0 Å². The van der Waals surface area contributed by atoms with Crippen molar-refractivity contribution in [2.24, 2.45) is 0 Å². The summed E-state index contributed by atoms with van der Waals surface area (Å²) in [4.78, 5) is 60.4. The zero-order valence-corrected chi connectivity index (χ0v) is 33.2. The van der Waals surface area contributed by atoms with Crippen molar-refractivity contribution in [2.75, 3.05) is 76.4 Å². The minimum atomic E-state index is -3.62. The summed E-state index contributed by atoms with van der Waals surface area (Å²) in [5.41, 5.74) is 3.96. The number of piperazine rings is 1. The number of hydrogen-bond acceptors (Lipinski definition) is 11. The molecular formula is C42H51N5O8S. The molecule has 1 N–H and O–H groups in total. The molecule has 0 spiro atoms. The molecule has 0 saturated carbocycles. The van der Waals surface area contributed by atoms with Crippen molar-refractivity contribution in [3.8, 4) is 11.5 Å². The van der Waals surface area contributed by atoms with Gasteiger partial charge in [0.2, 0.25) is 11.8 Å². The number of sulfone groups is 1. The lowest BCUT2D eigenvalue weighted by atomic mass is 9.90. The number of piperidine rings is 2. The standard InChI is InChI=1S/C42H51N5O8S/c1-4-55-37-26-30(12-14-36(37)54-2)35(27-56(3,52)53)47-41(50)33-6-5-7-34(39(33)42(47)51)46-24-22-45(23-25-46)31-17-20-44(21-18-31)19-16-28-8-10-29(11-9-28)32-13-15-38(48)43-40(32)49/h5-12,14,26,31-32,35H,4,13,15-25,27H2,1-3H3,(H,43,48,49)/t32?,35-/m1/s1. The highest BCUT2D eigenvalue weighted by molar-refractivity contribution is 7.90. The second-order valence-electron chi connectivity index (χ2n) is 15.2. The average Bonchev–Trinajstić information content (AvgIpc) is 3.45. The summed E-state index contributed by atoms with van der Waals surface area (Å²) in [7, 11) is -2.10. The molecule has 3 aromatic rings. The van der Waals surface area contributed by atoms with Crippen molar-refractivity contribution in [2.45, 2.75) is 57.0 Å². The summed E-state index contributed by atoms with van der Waals surface area (Å²) >= 11 is 0. The average molecular weight is 786 g/mol. The number of carbonyl (C=O) groups excluding carboxylic acids is 4. The van der Waals surface area contributed by atoms with Gasteiger partial charge >= 0.3 is 0 Å². The quantitative estimate of drug-likeness (QED) is 0.253. The van der Waals surface area contributed by atoms with Crippen LogP contribution in [0.1, 0.15) is 82.0 Å². The summed E-state index contributed by atoms with van der Waals surface area (Å²) in [5.74, 6) is -1.23. The Morgan fingerprint density at radius 2 is 1.59 bits per heavy atom. The molecule has 298 valence electrons. The molecule has 4 amide bonds. The maximum atomic E-state index is 14.3. The van der Waals surface area contributed by atoms with E-state index in [0.29, 0.717) is 66.9 Å². The van der Waals surface area contributed by atoms with Crippen LogP contribution in [0.2, 0.25) is 0 Å². The minimum Gasteiger partial charge on any atom is -0.493 e. The molecule has 1 unspecified atom stereocenters. The number of anilines is 1. The van der Waals surface area contributed by atoms with Gasteiger partial charge in [0.15, 0.2) is 11.5 Å². The Morgan fingerprint density at radius 1 is 0.857 bits per heavy atom. The van der Waals surface area contributed by atoms with E-state index in [9.17, 15) is 27.6 Å². The maximum Gasteiger partial charge on any atom is 0.264 e. The Balaban J connectivity index is 0.952. The van der Waals surface area contributed by atoms with E-state index in [2.05, 4.69) is 32.1 Å². The van der Waals surface area contributed by atoms with Crippen molar-refractivity contribution in [1.29, 1.82) is 0 Å². The Labute approximate surface area is 328 Å². The summed E-state index contributed by atoms with van der Waals surface area (Å²) < 4.78 is 36.6. The number of rotatable bonds is 13. The first-order valence-electron chi connectivity index (χ1n) is 19.6. The number of ether oxygens (including phenoxy) is 2. The Morgan fingerprint density at radius 3 is 2.25 bits per heavy atom. The van der Waals surface area contributed by atoms with Gasteiger partial charge in [-0.3, -0.25) is 34.3 Å². The molecule has 4 heterocycles. The Bertz CT molecular complexity index is 2070. The first-order chi connectivity index (χ1) is 26.9. The molecule has 14 heteroatoms. The van der Waals surface area contributed by atoms with Gasteiger partial charge in [-0.1, -0.05) is 36.4 Å². The smallest absolute Gasteiger partial charge is 0.264 e. The first-order valence-corrected chi connectivity index (χ1v) is 21.6. The fourth-order valence-corrected chi connectivity index (χ4v) is 9.57. The SMILES string of the molecule is CCOc1cc([C@@H](CS(C)(=O)=O)N2C(=O)c3cccc(N4CCN(C5CCN(CCc6ccc(C7CCC(=O)NC7=O)cc6)CC5)CC4)c3C2=O)ccc1OC. The Kier molecular flexibility index (Phi) is 11.8. The maximum absolute atomic E-state index is 14.3. The number of fused-ring (bicyclic) bond motifs is 1. The van der Waals surface area contributed by atoms with E-state index < -0.39 is 33.4 Å². The van der Waals surface area contributed by atoms with Gasteiger partial charge in [0.05, 0.1) is 48.2 Å². The summed E-state index contributed by atoms with van der Waals surface area (Å²) in [6, 6.07) is 18.0. The van der Waals surface area contributed by atoms with Crippen LogP contribution in [-0.2, 0) is 25.8 Å². The largest absolute Gasteiger partial charge is 0.493 e. The van der Waals surface area contributed by atoms with Crippen LogP contribution >= 0.6 is 0 Å². The number of amides is 4. The predicted octanol–water partition coefficient (Wildman–Crippen LogP) is 3.83. The van der Waals surface area contributed by atoms with Gasteiger partial charge in [-0.25, -0.2) is 8.42 Å². The lowest BCUT2D eigenvalue weighted by molar-refractivity contribution is -0.134. The number of nitrogens with one attached hydrogen (secondary N) is 1. The van der Waals surface area contributed by atoms with Gasteiger partial charge in [-0.15, -0.1) is 0 Å². The van der Waals surface area contributed by atoms with E-state index in [1.807, 2.05) is 25.1 Å². The van der Waals surface area contributed by atoms with Gasteiger partial charge in [0.1, 0.15) is 9.84 Å². The lowest BCUT2D eigenvalue weighted by Gasteiger charge is -2.43. The van der Waals surface area contributed by atoms with Crippen molar-refractivity contribution < 1.29 is 37.1 Å². The van der Waals surface area contributed by atoms with Crippen LogP contribution in [0.5, 0.6) is 11.5 Å². The molecule has 13 nitrogen and oxygen atoms in total. The van der Waals surface area contributed by atoms with Crippen molar-refractivity contribution in [3.05, 3.63) is 88.5 Å². The monoisotopic (exact) mass is 785 g/mol. The molecular weight excluding hydrogens is 735 g/mol. The highest BCUT2D eigenvalue weighted by atomic mass is 32.2. The van der Waals surface area contributed by atoms with Crippen molar-refractivity contribution in [3.63, 3.8) is 0 Å². The van der Waals surface area contributed by atoms with Crippen molar-refractivity contribution in [1.82, 2.24) is 20.0 Å². The number of likely N-dealkylation sites (tertiary alicyclic amines) is 1. The zero-order chi connectivity index (χ0) is 39.6. The van der Waals surface area contributed by atoms with Gasteiger partial charge in [-0.05, 0) is 86.7 Å². The summed E-state index contributed by atoms with van der Waals surface area (Å²) in [6.45, 7) is 8.27. The van der Waals surface area contributed by atoms with Crippen LogP contribution in [0, 0.1) is 0 Å². The summed E-state index contributed by atoms with van der Waals surface area (Å²) in [5, 5.41) is 2.44. The normalized spacial score (nSPS) is 20.6. The second-order valence-corrected chi connectivity index (χ2v) is 17.4. The molecule has 0 radical (unpaired) electrons. The Hall–Kier alpha value is -4.79. The van der Waals surface area contributed by atoms with Crippen LogP contribution in [0.15, 0.2) is 60.7 Å². The van der Waals surface area contributed by atoms with Gasteiger partial charge < -0.3 is 19.3 Å². The predicted molar refractivity (Wildman–Crippen MR) is 212 cm³/mol. The highest BCUT2D eigenvalue weighted by Gasteiger charge is 2.44. The number of imide groups is 2. The third kappa shape index (κ3) is 8.47. The number of carbonyl (C=O) groups is 4. The molecule has 0 aromatic heterocycles. The molecule has 56 heavy (non-hydrogen) atoms. The van der Waals surface area contributed by atoms with Crippen LogP contribution in [-0.4, -0.2) is 124 Å². The van der Waals surface area contributed by atoms with E-state index in [1.165, 1.54) is 12.7 Å². The summed E-state index contributed by atoms with van der Waals surface area (Å²) in [6.07, 6.45) is 5.13. The fourth-order valence-electron chi connectivity index (χ4n) is 8.66. The van der Waals surface area contributed by atoms with Gasteiger partial charge in [-0.2, -0.15) is 0 Å². The fraction of sp³-hybridized carbons (Fsp3) is 0.476. The highest BCUT2D eigenvalue weighted by Crippen LogP contribution is 2.40. The number of nitrogens with zero attached hydrogens (tertiary/aromatic N) is 4. The molecule has 4 aliphatic rings. The molecule has 0 bridgehead atoms. The molecule has 3 saturated heterocycles. The number of benzene rings is 3. The van der Waals surface area contributed by atoms with Crippen LogP contribution in [0.4, 0.5) is 5.69 Å². The molecule has 0 aliphatic carbocycles. The minimum absolute atomic E-state index is 0.198. The number of hydrogen-bond donors (Lipinski definition) is 1. The van der Waals surface area contributed by atoms with Gasteiger partial charge in [0, 0.05) is 51.4 Å². The third-order valence-corrected chi connectivity index (χ3v) is 12.6. The van der Waals surface area contributed by atoms with Crippen LogP contribution in [0.3, 0.4) is 0 Å². The molecule has 7 rings (SSSR count). The van der Waals surface area contributed by atoms with Crippen molar-refractivity contribution >= 4 is 39.2 Å². The van der Waals surface area contributed by atoms with Gasteiger partial charge in [0.25, 0.3) is 11.8 Å². The third-order valence-electron chi connectivity index (χ3n) is 11.6. The molecule has 3 fully saturated rings. The van der Waals surface area contributed by atoms with E-state index >= 15 is 0 Å². The van der Waals surface area contributed by atoms with E-state index in [1.54, 1.807) is 30.3 Å².